The molecule has 5 nitrogen and oxygen atoms in total. The first-order valence-corrected chi connectivity index (χ1v) is 6.65. The Balaban J connectivity index is 2.18. The van der Waals surface area contributed by atoms with Gasteiger partial charge in [-0.1, -0.05) is 0 Å². The predicted molar refractivity (Wildman–Crippen MR) is 72.8 cm³/mol. The summed E-state index contributed by atoms with van der Waals surface area (Å²) in [5.74, 6) is 0.270. The van der Waals surface area contributed by atoms with Gasteiger partial charge in [-0.25, -0.2) is 0 Å². The molecule has 2 atom stereocenters. The van der Waals surface area contributed by atoms with E-state index in [2.05, 4.69) is 20.8 Å². The largest absolute Gasteiger partial charge is 0.393 e. The van der Waals surface area contributed by atoms with Gasteiger partial charge in [-0.05, 0) is 35.3 Å². The zero-order chi connectivity index (χ0) is 13.3. The lowest BCUT2D eigenvalue weighted by Gasteiger charge is -2.20. The predicted octanol–water partition coefficient (Wildman–Crippen LogP) is 2.56. The molecule has 1 aromatic rings. The highest BCUT2D eigenvalue weighted by atomic mass is 79.9. The van der Waals surface area contributed by atoms with Gasteiger partial charge in [0.1, 0.15) is 0 Å². The number of aliphatic hydroxyl groups excluding tert-OH is 1. The van der Waals surface area contributed by atoms with Crippen LogP contribution in [0.15, 0.2) is 22.7 Å². The third-order valence-electron chi connectivity index (χ3n) is 3.39. The molecule has 1 aliphatic rings. The lowest BCUT2D eigenvalue weighted by atomic mass is 10.0. The molecule has 1 fully saturated rings. The number of nitrogens with zero attached hydrogens (tertiary/aromatic N) is 2. The number of nitro benzene ring substituents is 1. The summed E-state index contributed by atoms with van der Waals surface area (Å²) in [4.78, 5) is 12.4. The smallest absolute Gasteiger partial charge is 0.270 e. The molecule has 2 unspecified atom stereocenters. The number of non-ortho nitro benzene ring substituents is 1. The maximum atomic E-state index is 10.7. The maximum absolute atomic E-state index is 10.7. The van der Waals surface area contributed by atoms with Gasteiger partial charge in [0.05, 0.1) is 16.7 Å². The number of halogens is 1. The van der Waals surface area contributed by atoms with E-state index in [1.807, 2.05) is 0 Å². The van der Waals surface area contributed by atoms with E-state index in [4.69, 9.17) is 0 Å². The third kappa shape index (κ3) is 2.64. The Morgan fingerprint density at radius 1 is 1.61 bits per heavy atom. The minimum Gasteiger partial charge on any atom is -0.393 e. The average molecular weight is 315 g/mol. The van der Waals surface area contributed by atoms with Crippen molar-refractivity contribution in [1.29, 1.82) is 0 Å². The molecule has 0 radical (unpaired) electrons. The molecule has 0 aromatic heterocycles. The lowest BCUT2D eigenvalue weighted by Crippen LogP contribution is -2.24. The zero-order valence-electron chi connectivity index (χ0n) is 10.0. The molecule has 0 bridgehead atoms. The van der Waals surface area contributed by atoms with Crippen LogP contribution in [-0.4, -0.2) is 29.2 Å². The molecule has 1 heterocycles. The standard InChI is InChI=1S/C12H15BrN2O3/c1-8(16)9-4-5-14(7-9)12-3-2-10(15(17)18)6-11(12)13/h2-3,6,8-9,16H,4-5,7H2,1H3. The third-order valence-corrected chi connectivity index (χ3v) is 4.02. The number of aliphatic hydroxyl groups is 1. The molecule has 18 heavy (non-hydrogen) atoms. The van der Waals surface area contributed by atoms with Crippen LogP contribution >= 0.6 is 15.9 Å². The van der Waals surface area contributed by atoms with Crippen molar-refractivity contribution in [1.82, 2.24) is 0 Å². The Morgan fingerprint density at radius 3 is 2.83 bits per heavy atom. The second-order valence-electron chi connectivity index (χ2n) is 4.63. The van der Waals surface area contributed by atoms with Crippen LogP contribution in [0.3, 0.4) is 0 Å². The molecule has 0 amide bonds. The highest BCUT2D eigenvalue weighted by Crippen LogP contribution is 2.33. The second-order valence-corrected chi connectivity index (χ2v) is 5.48. The number of anilines is 1. The van der Waals surface area contributed by atoms with Crippen LogP contribution in [0.4, 0.5) is 11.4 Å². The summed E-state index contributed by atoms with van der Waals surface area (Å²) in [7, 11) is 0. The Kier molecular flexibility index (Phi) is 3.87. The first-order chi connectivity index (χ1) is 8.49. The van der Waals surface area contributed by atoms with Crippen molar-refractivity contribution < 1.29 is 10.0 Å². The molecule has 6 heteroatoms. The van der Waals surface area contributed by atoms with Crippen LogP contribution in [0.25, 0.3) is 0 Å². The number of hydrogen-bond acceptors (Lipinski definition) is 4. The number of benzene rings is 1. The van der Waals surface area contributed by atoms with Crippen LogP contribution < -0.4 is 4.90 Å². The van der Waals surface area contributed by atoms with Crippen molar-refractivity contribution in [3.8, 4) is 0 Å². The summed E-state index contributed by atoms with van der Waals surface area (Å²) in [6, 6.07) is 4.79. The van der Waals surface area contributed by atoms with Gasteiger partial charge in [-0.2, -0.15) is 0 Å². The van der Waals surface area contributed by atoms with E-state index in [-0.39, 0.29) is 17.7 Å². The van der Waals surface area contributed by atoms with E-state index in [1.54, 1.807) is 13.0 Å². The summed E-state index contributed by atoms with van der Waals surface area (Å²) in [6.45, 7) is 3.46. The van der Waals surface area contributed by atoms with E-state index in [1.165, 1.54) is 12.1 Å². The fourth-order valence-electron chi connectivity index (χ4n) is 2.27. The highest BCUT2D eigenvalue weighted by molar-refractivity contribution is 9.10. The normalized spacial score (nSPS) is 21.1. The first kappa shape index (κ1) is 13.3. The van der Waals surface area contributed by atoms with Gasteiger partial charge < -0.3 is 10.0 Å². The van der Waals surface area contributed by atoms with E-state index in [0.29, 0.717) is 0 Å². The quantitative estimate of drug-likeness (QED) is 0.688. The average Bonchev–Trinajstić information content (AvgIpc) is 2.78. The molecule has 1 saturated heterocycles. The minimum absolute atomic E-state index is 0.0805. The summed E-state index contributed by atoms with van der Waals surface area (Å²) in [5, 5.41) is 20.2. The highest BCUT2D eigenvalue weighted by Gasteiger charge is 2.27. The van der Waals surface area contributed by atoms with Gasteiger partial charge >= 0.3 is 0 Å². The molecule has 2 rings (SSSR count). The molecule has 0 aliphatic carbocycles. The molecular formula is C12H15BrN2O3. The van der Waals surface area contributed by atoms with Crippen molar-refractivity contribution in [2.45, 2.75) is 19.4 Å². The molecule has 1 aliphatic heterocycles. The van der Waals surface area contributed by atoms with Crippen LogP contribution in [0, 0.1) is 16.0 Å². The van der Waals surface area contributed by atoms with Crippen molar-refractivity contribution in [2.75, 3.05) is 18.0 Å². The fraction of sp³-hybridized carbons (Fsp3) is 0.500. The SMILES string of the molecule is CC(O)C1CCN(c2ccc([N+](=O)[O-])cc2Br)C1. The Bertz CT molecular complexity index is 465. The minimum atomic E-state index is -0.406. The summed E-state index contributed by atoms with van der Waals surface area (Å²) in [6.07, 6.45) is 0.632. The summed E-state index contributed by atoms with van der Waals surface area (Å²) in [5.41, 5.74) is 1.03. The topological polar surface area (TPSA) is 66.6 Å². The van der Waals surface area contributed by atoms with E-state index in [9.17, 15) is 15.2 Å². The van der Waals surface area contributed by atoms with Gasteiger partial charge in [0.2, 0.25) is 0 Å². The van der Waals surface area contributed by atoms with Gasteiger partial charge in [0.15, 0.2) is 0 Å². The van der Waals surface area contributed by atoms with E-state index in [0.717, 1.165) is 29.7 Å². The van der Waals surface area contributed by atoms with Crippen molar-refractivity contribution >= 4 is 27.3 Å². The Morgan fingerprint density at radius 2 is 2.33 bits per heavy atom. The molecular weight excluding hydrogens is 300 g/mol. The molecule has 1 N–H and O–H groups in total. The van der Waals surface area contributed by atoms with Gasteiger partial charge in [-0.15, -0.1) is 0 Å². The second kappa shape index (κ2) is 5.24. The monoisotopic (exact) mass is 314 g/mol. The molecule has 0 saturated carbocycles. The molecule has 98 valence electrons. The van der Waals surface area contributed by atoms with E-state index < -0.39 is 4.92 Å². The van der Waals surface area contributed by atoms with Gasteiger partial charge in [0.25, 0.3) is 5.69 Å². The summed E-state index contributed by atoms with van der Waals surface area (Å²) < 4.78 is 0.725. The number of nitro groups is 1. The van der Waals surface area contributed by atoms with Gasteiger partial charge in [-0.3, -0.25) is 10.1 Å². The fourth-order valence-corrected chi connectivity index (χ4v) is 2.88. The molecule has 1 aromatic carbocycles. The van der Waals surface area contributed by atoms with Crippen LogP contribution in [0.1, 0.15) is 13.3 Å². The van der Waals surface area contributed by atoms with Crippen molar-refractivity contribution in [3.05, 3.63) is 32.8 Å². The van der Waals surface area contributed by atoms with Crippen molar-refractivity contribution in [2.24, 2.45) is 5.92 Å². The maximum Gasteiger partial charge on any atom is 0.270 e. The summed E-state index contributed by atoms with van der Waals surface area (Å²) >= 11 is 3.37. The van der Waals surface area contributed by atoms with Crippen LogP contribution in [0.5, 0.6) is 0 Å². The zero-order valence-corrected chi connectivity index (χ0v) is 11.6. The van der Waals surface area contributed by atoms with Crippen molar-refractivity contribution in [3.63, 3.8) is 0 Å². The van der Waals surface area contributed by atoms with E-state index >= 15 is 0 Å². The van der Waals surface area contributed by atoms with Gasteiger partial charge in [0, 0.05) is 35.6 Å². The van der Waals surface area contributed by atoms with Crippen LogP contribution in [0.2, 0.25) is 0 Å². The lowest BCUT2D eigenvalue weighted by molar-refractivity contribution is -0.384. The number of rotatable bonds is 3. The Labute approximate surface area is 114 Å². The number of hydrogen-bond donors (Lipinski definition) is 1. The Hall–Kier alpha value is -1.14. The van der Waals surface area contributed by atoms with Crippen LogP contribution in [-0.2, 0) is 0 Å². The molecule has 0 spiro atoms. The first-order valence-electron chi connectivity index (χ1n) is 5.86.